The van der Waals surface area contributed by atoms with Crippen LogP contribution in [0.25, 0.3) is 0 Å². The van der Waals surface area contributed by atoms with Crippen LogP contribution in [0, 0.1) is 0 Å². The minimum Gasteiger partial charge on any atom is -0.444 e. The first kappa shape index (κ1) is 28.5. The molecule has 1 aromatic rings. The average molecular weight is 533 g/mol. The van der Waals surface area contributed by atoms with E-state index in [1.807, 2.05) is 45.0 Å². The van der Waals surface area contributed by atoms with E-state index in [1.54, 1.807) is 0 Å². The quantitative estimate of drug-likeness (QED) is 0.175. The van der Waals surface area contributed by atoms with Crippen LogP contribution in [0.5, 0.6) is 0 Å². The SMILES string of the molecule is CCNC(=NCCNC(C)(C)C)NCCc1ccc(NC(=O)OC(C)(C)C)cc1.I. The number of aliphatic imine (C=N–C) groups is 1. The van der Waals surface area contributed by atoms with Crippen LogP contribution >= 0.6 is 24.0 Å². The molecule has 1 amide bonds. The Hall–Kier alpha value is -1.55. The highest BCUT2D eigenvalue weighted by atomic mass is 127. The Morgan fingerprint density at radius 2 is 1.63 bits per heavy atom. The van der Waals surface area contributed by atoms with Gasteiger partial charge in [0.25, 0.3) is 0 Å². The summed E-state index contributed by atoms with van der Waals surface area (Å²) in [5.41, 5.74) is 1.49. The smallest absolute Gasteiger partial charge is 0.412 e. The molecule has 30 heavy (non-hydrogen) atoms. The maximum atomic E-state index is 11.8. The van der Waals surface area contributed by atoms with E-state index in [-0.39, 0.29) is 29.5 Å². The summed E-state index contributed by atoms with van der Waals surface area (Å²) in [5, 5.41) is 12.8. The molecule has 8 heteroatoms. The van der Waals surface area contributed by atoms with Crippen LogP contribution in [0.2, 0.25) is 0 Å². The van der Waals surface area contributed by atoms with Gasteiger partial charge in [0.1, 0.15) is 5.60 Å². The van der Waals surface area contributed by atoms with Crippen molar-refractivity contribution in [1.82, 2.24) is 16.0 Å². The van der Waals surface area contributed by atoms with E-state index in [0.717, 1.165) is 44.2 Å². The van der Waals surface area contributed by atoms with Gasteiger partial charge in [0.15, 0.2) is 5.96 Å². The second-order valence-corrected chi connectivity index (χ2v) is 8.94. The number of guanidine groups is 1. The summed E-state index contributed by atoms with van der Waals surface area (Å²) in [6, 6.07) is 7.78. The zero-order valence-electron chi connectivity index (χ0n) is 19.5. The molecule has 172 valence electrons. The van der Waals surface area contributed by atoms with E-state index in [1.165, 1.54) is 5.56 Å². The maximum Gasteiger partial charge on any atom is 0.412 e. The molecule has 0 saturated carbocycles. The minimum absolute atomic E-state index is 0. The topological polar surface area (TPSA) is 86.8 Å². The number of hydrogen-bond acceptors (Lipinski definition) is 4. The van der Waals surface area contributed by atoms with E-state index in [9.17, 15) is 4.79 Å². The summed E-state index contributed by atoms with van der Waals surface area (Å²) < 4.78 is 5.26. The van der Waals surface area contributed by atoms with Crippen molar-refractivity contribution in [1.29, 1.82) is 0 Å². The van der Waals surface area contributed by atoms with Gasteiger partial charge < -0.3 is 20.7 Å². The molecule has 1 rings (SSSR count). The van der Waals surface area contributed by atoms with Crippen molar-refractivity contribution in [2.45, 2.75) is 66.0 Å². The summed E-state index contributed by atoms with van der Waals surface area (Å²) >= 11 is 0. The van der Waals surface area contributed by atoms with Crippen molar-refractivity contribution >= 4 is 41.7 Å². The fraction of sp³-hybridized carbons (Fsp3) is 0.636. The van der Waals surface area contributed by atoms with Gasteiger partial charge in [-0.05, 0) is 72.6 Å². The molecule has 0 radical (unpaired) electrons. The molecule has 4 N–H and O–H groups in total. The van der Waals surface area contributed by atoms with E-state index in [2.05, 4.69) is 54.0 Å². The van der Waals surface area contributed by atoms with Crippen molar-refractivity contribution in [3.05, 3.63) is 29.8 Å². The lowest BCUT2D eigenvalue weighted by Crippen LogP contribution is -2.40. The number of rotatable bonds is 8. The highest BCUT2D eigenvalue weighted by molar-refractivity contribution is 14.0. The van der Waals surface area contributed by atoms with Crippen molar-refractivity contribution in [2.24, 2.45) is 4.99 Å². The van der Waals surface area contributed by atoms with E-state index >= 15 is 0 Å². The number of nitrogens with one attached hydrogen (secondary N) is 4. The molecule has 0 aliphatic heterocycles. The van der Waals surface area contributed by atoms with Crippen LogP contribution in [0.1, 0.15) is 54.0 Å². The molecule has 0 bridgehead atoms. The predicted molar refractivity (Wildman–Crippen MR) is 137 cm³/mol. The van der Waals surface area contributed by atoms with Crippen LogP contribution in [-0.2, 0) is 11.2 Å². The van der Waals surface area contributed by atoms with Gasteiger partial charge in [0.2, 0.25) is 0 Å². The fourth-order valence-electron chi connectivity index (χ4n) is 2.44. The van der Waals surface area contributed by atoms with Crippen molar-refractivity contribution in [2.75, 3.05) is 31.5 Å². The Labute approximate surface area is 199 Å². The molecule has 0 atom stereocenters. The number of carbonyl (C=O) groups is 1. The first-order valence-electron chi connectivity index (χ1n) is 10.3. The van der Waals surface area contributed by atoms with Crippen LogP contribution in [0.3, 0.4) is 0 Å². The summed E-state index contributed by atoms with van der Waals surface area (Å²) in [4.78, 5) is 16.4. The first-order chi connectivity index (χ1) is 13.5. The zero-order valence-corrected chi connectivity index (χ0v) is 21.8. The van der Waals surface area contributed by atoms with E-state index in [0.29, 0.717) is 0 Å². The molecule has 0 fully saturated rings. The van der Waals surface area contributed by atoms with Gasteiger partial charge in [-0.15, -0.1) is 24.0 Å². The first-order valence-corrected chi connectivity index (χ1v) is 10.3. The summed E-state index contributed by atoms with van der Waals surface area (Å²) in [5.74, 6) is 0.825. The predicted octanol–water partition coefficient (Wildman–Crippen LogP) is 4.14. The zero-order chi connectivity index (χ0) is 21.9. The van der Waals surface area contributed by atoms with Crippen molar-refractivity contribution < 1.29 is 9.53 Å². The number of hydrogen-bond donors (Lipinski definition) is 4. The third-order valence-electron chi connectivity index (χ3n) is 3.69. The molecule has 0 spiro atoms. The normalized spacial score (nSPS) is 12.0. The number of benzene rings is 1. The number of carbonyl (C=O) groups excluding carboxylic acids is 1. The lowest BCUT2D eigenvalue weighted by molar-refractivity contribution is 0.0636. The lowest BCUT2D eigenvalue weighted by atomic mass is 10.1. The average Bonchev–Trinajstić information content (AvgIpc) is 2.57. The monoisotopic (exact) mass is 533 g/mol. The Morgan fingerprint density at radius 1 is 1.00 bits per heavy atom. The van der Waals surface area contributed by atoms with Gasteiger partial charge in [-0.25, -0.2) is 4.79 Å². The van der Waals surface area contributed by atoms with Gasteiger partial charge >= 0.3 is 6.09 Å². The highest BCUT2D eigenvalue weighted by Gasteiger charge is 2.16. The molecule has 1 aromatic carbocycles. The van der Waals surface area contributed by atoms with Gasteiger partial charge in [0, 0.05) is 30.9 Å². The van der Waals surface area contributed by atoms with E-state index < -0.39 is 11.7 Å². The second-order valence-electron chi connectivity index (χ2n) is 8.94. The standard InChI is InChI=1S/C22H39N5O2.HI/c1-8-23-19(25-15-16-26-21(2,3)4)24-14-13-17-9-11-18(12-10-17)27-20(28)29-22(5,6)7;/h9-12,26H,8,13-16H2,1-7H3,(H,27,28)(H2,23,24,25);1H. The molecule has 7 nitrogen and oxygen atoms in total. The molecule has 0 saturated heterocycles. The largest absolute Gasteiger partial charge is 0.444 e. The van der Waals surface area contributed by atoms with Crippen LogP contribution < -0.4 is 21.3 Å². The number of anilines is 1. The van der Waals surface area contributed by atoms with E-state index in [4.69, 9.17) is 4.74 Å². The number of halogens is 1. The third kappa shape index (κ3) is 14.4. The number of ether oxygens (including phenoxy) is 1. The van der Waals surface area contributed by atoms with Gasteiger partial charge in [-0.2, -0.15) is 0 Å². The third-order valence-corrected chi connectivity index (χ3v) is 3.69. The molecule has 0 aliphatic rings. The Morgan fingerprint density at radius 3 is 2.17 bits per heavy atom. The van der Waals surface area contributed by atoms with Crippen molar-refractivity contribution in [3.63, 3.8) is 0 Å². The molecule has 0 unspecified atom stereocenters. The van der Waals surface area contributed by atoms with Gasteiger partial charge in [-0.1, -0.05) is 12.1 Å². The lowest BCUT2D eigenvalue weighted by Gasteiger charge is -2.20. The van der Waals surface area contributed by atoms with Crippen LogP contribution in [0.15, 0.2) is 29.3 Å². The second kappa shape index (κ2) is 13.7. The maximum absolute atomic E-state index is 11.8. The summed E-state index contributed by atoms with van der Waals surface area (Å²) in [7, 11) is 0. The Kier molecular flexibility index (Phi) is 13.0. The number of amides is 1. The molecule has 0 heterocycles. The minimum atomic E-state index is -0.510. The fourth-order valence-corrected chi connectivity index (χ4v) is 2.44. The highest BCUT2D eigenvalue weighted by Crippen LogP contribution is 2.13. The summed E-state index contributed by atoms with van der Waals surface area (Å²) in [6.45, 7) is 17.2. The Bertz CT molecular complexity index is 649. The molecule has 0 aliphatic carbocycles. The van der Waals surface area contributed by atoms with Crippen LogP contribution in [-0.4, -0.2) is 49.4 Å². The molecule has 0 aromatic heterocycles. The molecular weight excluding hydrogens is 493 g/mol. The Balaban J connectivity index is 0.00000841. The summed E-state index contributed by atoms with van der Waals surface area (Å²) in [6.07, 6.45) is 0.413. The molecular formula is C22H40IN5O2. The van der Waals surface area contributed by atoms with Crippen molar-refractivity contribution in [3.8, 4) is 0 Å². The number of nitrogens with zero attached hydrogens (tertiary/aromatic N) is 1. The van der Waals surface area contributed by atoms with Gasteiger partial charge in [-0.3, -0.25) is 10.3 Å². The van der Waals surface area contributed by atoms with Crippen LogP contribution in [0.4, 0.5) is 10.5 Å². The van der Waals surface area contributed by atoms with Gasteiger partial charge in [0.05, 0.1) is 6.54 Å².